The lowest BCUT2D eigenvalue weighted by Gasteiger charge is -2.18. The van der Waals surface area contributed by atoms with Crippen molar-refractivity contribution in [3.63, 3.8) is 0 Å². The van der Waals surface area contributed by atoms with E-state index in [0.717, 1.165) is 29.2 Å². The van der Waals surface area contributed by atoms with Gasteiger partial charge in [0.05, 0.1) is 12.2 Å². The monoisotopic (exact) mass is 277 g/mol. The summed E-state index contributed by atoms with van der Waals surface area (Å²) in [5.74, 6) is 0.907. The van der Waals surface area contributed by atoms with E-state index in [4.69, 9.17) is 4.74 Å². The van der Waals surface area contributed by atoms with E-state index >= 15 is 0 Å². The first-order chi connectivity index (χ1) is 10.3. The lowest BCUT2D eigenvalue weighted by atomic mass is 10.0. The van der Waals surface area contributed by atoms with Crippen molar-refractivity contribution in [3.05, 3.63) is 65.4 Å². The standard InChI is InChI=1S/C17H15N3O/c1-12-7-8-16-14(9-12)17-15(11-21-16)18-19-20(17)10-13-5-3-2-4-6-13/h2-9H,10-11H2,1H3. The number of ether oxygens (including phenoxy) is 1. The summed E-state index contributed by atoms with van der Waals surface area (Å²) in [5.41, 5.74) is 5.48. The number of nitrogens with zero attached hydrogens (tertiary/aromatic N) is 3. The first kappa shape index (κ1) is 12.1. The van der Waals surface area contributed by atoms with E-state index < -0.39 is 0 Å². The van der Waals surface area contributed by atoms with Crippen LogP contribution < -0.4 is 4.74 Å². The molecule has 2 aromatic carbocycles. The summed E-state index contributed by atoms with van der Waals surface area (Å²) in [6.07, 6.45) is 0. The van der Waals surface area contributed by atoms with Gasteiger partial charge in [0.1, 0.15) is 18.1 Å². The van der Waals surface area contributed by atoms with Crippen molar-refractivity contribution in [1.29, 1.82) is 0 Å². The van der Waals surface area contributed by atoms with Crippen molar-refractivity contribution in [2.45, 2.75) is 20.1 Å². The van der Waals surface area contributed by atoms with E-state index in [9.17, 15) is 0 Å². The summed E-state index contributed by atoms with van der Waals surface area (Å²) < 4.78 is 7.72. The fourth-order valence-electron chi connectivity index (χ4n) is 2.71. The van der Waals surface area contributed by atoms with Crippen molar-refractivity contribution < 1.29 is 4.74 Å². The van der Waals surface area contributed by atoms with Gasteiger partial charge in [-0.15, -0.1) is 5.10 Å². The van der Waals surface area contributed by atoms with E-state index in [-0.39, 0.29) is 0 Å². The van der Waals surface area contributed by atoms with E-state index in [1.54, 1.807) is 0 Å². The molecule has 0 N–H and O–H groups in total. The summed E-state index contributed by atoms with van der Waals surface area (Å²) in [5, 5.41) is 8.58. The quantitative estimate of drug-likeness (QED) is 0.722. The fraction of sp³-hybridized carbons (Fsp3) is 0.176. The zero-order valence-corrected chi connectivity index (χ0v) is 11.8. The average Bonchev–Trinajstić information content (AvgIpc) is 2.92. The smallest absolute Gasteiger partial charge is 0.134 e. The van der Waals surface area contributed by atoms with Crippen molar-refractivity contribution in [2.75, 3.05) is 0 Å². The lowest BCUT2D eigenvalue weighted by molar-refractivity contribution is 0.297. The third-order valence-electron chi connectivity index (χ3n) is 3.73. The number of rotatable bonds is 2. The molecule has 4 nitrogen and oxygen atoms in total. The first-order valence-corrected chi connectivity index (χ1v) is 7.01. The molecule has 3 aromatic rings. The maximum absolute atomic E-state index is 5.75. The molecule has 0 saturated heterocycles. The summed E-state index contributed by atoms with van der Waals surface area (Å²) in [7, 11) is 0. The minimum Gasteiger partial charge on any atom is -0.486 e. The third kappa shape index (κ3) is 2.09. The van der Waals surface area contributed by atoms with Crippen molar-refractivity contribution in [2.24, 2.45) is 0 Å². The van der Waals surface area contributed by atoms with Crippen LogP contribution in [0.2, 0.25) is 0 Å². The Labute approximate surface area is 123 Å². The molecule has 0 radical (unpaired) electrons. The van der Waals surface area contributed by atoms with Crippen LogP contribution in [0.1, 0.15) is 16.8 Å². The molecule has 0 atom stereocenters. The van der Waals surface area contributed by atoms with Crippen LogP contribution in [0.4, 0.5) is 0 Å². The van der Waals surface area contributed by atoms with Crippen LogP contribution in [0.3, 0.4) is 0 Å². The Morgan fingerprint density at radius 2 is 2.00 bits per heavy atom. The molecule has 0 unspecified atom stereocenters. The molecular weight excluding hydrogens is 262 g/mol. The van der Waals surface area contributed by atoms with Gasteiger partial charge in [0, 0.05) is 5.56 Å². The number of aromatic nitrogens is 3. The number of hydrogen-bond acceptors (Lipinski definition) is 3. The van der Waals surface area contributed by atoms with Crippen LogP contribution in [0, 0.1) is 6.92 Å². The Morgan fingerprint density at radius 1 is 1.14 bits per heavy atom. The molecule has 0 fully saturated rings. The molecule has 2 heterocycles. The molecule has 1 aromatic heterocycles. The van der Waals surface area contributed by atoms with Gasteiger partial charge in [0.15, 0.2) is 0 Å². The molecular formula is C17H15N3O. The highest BCUT2D eigenvalue weighted by atomic mass is 16.5. The predicted molar refractivity (Wildman–Crippen MR) is 80.1 cm³/mol. The first-order valence-electron chi connectivity index (χ1n) is 7.01. The van der Waals surface area contributed by atoms with Gasteiger partial charge in [-0.3, -0.25) is 0 Å². The molecule has 1 aliphatic rings. The Morgan fingerprint density at radius 3 is 2.86 bits per heavy atom. The summed E-state index contributed by atoms with van der Waals surface area (Å²) in [4.78, 5) is 0. The van der Waals surface area contributed by atoms with Gasteiger partial charge in [-0.2, -0.15) is 0 Å². The number of aryl methyl sites for hydroxylation is 1. The molecule has 104 valence electrons. The molecule has 4 heteroatoms. The van der Waals surface area contributed by atoms with Gasteiger partial charge in [-0.25, -0.2) is 4.68 Å². The fourth-order valence-corrected chi connectivity index (χ4v) is 2.71. The van der Waals surface area contributed by atoms with Gasteiger partial charge in [-0.05, 0) is 24.6 Å². The van der Waals surface area contributed by atoms with Crippen LogP contribution in [-0.4, -0.2) is 15.0 Å². The Balaban J connectivity index is 1.81. The largest absolute Gasteiger partial charge is 0.486 e. The van der Waals surface area contributed by atoms with Gasteiger partial charge in [0.25, 0.3) is 0 Å². The van der Waals surface area contributed by atoms with Crippen molar-refractivity contribution >= 4 is 0 Å². The molecule has 0 aliphatic carbocycles. The van der Waals surface area contributed by atoms with Crippen LogP contribution in [0.5, 0.6) is 5.75 Å². The zero-order chi connectivity index (χ0) is 14.2. The normalized spacial score (nSPS) is 12.4. The van der Waals surface area contributed by atoms with E-state index in [0.29, 0.717) is 6.61 Å². The van der Waals surface area contributed by atoms with Gasteiger partial charge in [-0.1, -0.05) is 47.2 Å². The lowest BCUT2D eigenvalue weighted by Crippen LogP contribution is -2.10. The molecule has 0 spiro atoms. The van der Waals surface area contributed by atoms with Gasteiger partial charge >= 0.3 is 0 Å². The molecule has 0 bridgehead atoms. The van der Waals surface area contributed by atoms with Crippen molar-refractivity contribution in [1.82, 2.24) is 15.0 Å². The molecule has 1 aliphatic heterocycles. The second-order valence-electron chi connectivity index (χ2n) is 5.32. The average molecular weight is 277 g/mol. The Bertz CT molecular complexity index is 793. The maximum atomic E-state index is 5.75. The van der Waals surface area contributed by atoms with Gasteiger partial charge in [0.2, 0.25) is 0 Å². The van der Waals surface area contributed by atoms with Crippen molar-refractivity contribution in [3.8, 4) is 17.0 Å². The Kier molecular flexibility index (Phi) is 2.74. The third-order valence-corrected chi connectivity index (χ3v) is 3.73. The SMILES string of the molecule is Cc1ccc2c(c1)-c1c(nnn1Cc1ccccc1)CO2. The second-order valence-corrected chi connectivity index (χ2v) is 5.32. The molecule has 0 amide bonds. The topological polar surface area (TPSA) is 39.9 Å². The van der Waals surface area contributed by atoms with Crippen LogP contribution >= 0.6 is 0 Å². The highest BCUT2D eigenvalue weighted by Gasteiger charge is 2.23. The van der Waals surface area contributed by atoms with E-state index in [1.807, 2.05) is 28.9 Å². The van der Waals surface area contributed by atoms with Gasteiger partial charge < -0.3 is 4.74 Å². The van der Waals surface area contributed by atoms with E-state index in [2.05, 4.69) is 41.5 Å². The highest BCUT2D eigenvalue weighted by molar-refractivity contribution is 5.71. The number of benzene rings is 2. The predicted octanol–water partition coefficient (Wildman–Crippen LogP) is 3.19. The number of hydrogen-bond donors (Lipinski definition) is 0. The van der Waals surface area contributed by atoms with Crippen LogP contribution in [-0.2, 0) is 13.2 Å². The Hall–Kier alpha value is -2.62. The molecule has 0 saturated carbocycles. The number of fused-ring (bicyclic) bond motifs is 3. The van der Waals surface area contributed by atoms with Crippen LogP contribution in [0.15, 0.2) is 48.5 Å². The maximum Gasteiger partial charge on any atom is 0.134 e. The highest BCUT2D eigenvalue weighted by Crippen LogP contribution is 2.37. The summed E-state index contributed by atoms with van der Waals surface area (Å²) in [6.45, 7) is 3.29. The summed E-state index contributed by atoms with van der Waals surface area (Å²) in [6, 6.07) is 16.5. The minimum absolute atomic E-state index is 0.486. The second kappa shape index (κ2) is 4.74. The minimum atomic E-state index is 0.486. The molecule has 21 heavy (non-hydrogen) atoms. The molecule has 4 rings (SSSR count). The zero-order valence-electron chi connectivity index (χ0n) is 11.8. The van der Waals surface area contributed by atoms with Crippen LogP contribution in [0.25, 0.3) is 11.3 Å². The van der Waals surface area contributed by atoms with E-state index in [1.165, 1.54) is 11.1 Å². The summed E-state index contributed by atoms with van der Waals surface area (Å²) >= 11 is 0.